The normalized spacial score (nSPS) is 9.90. The highest BCUT2D eigenvalue weighted by Gasteiger charge is 2.06. The number of nitro groups is 1. The molecule has 2 aromatic rings. The lowest BCUT2D eigenvalue weighted by Gasteiger charge is -2.07. The van der Waals surface area contributed by atoms with Crippen LogP contribution in [0.5, 0.6) is 0 Å². The number of esters is 1. The fourth-order valence-corrected chi connectivity index (χ4v) is 1.66. The summed E-state index contributed by atoms with van der Waals surface area (Å²) in [6.07, 6.45) is 0. The van der Waals surface area contributed by atoms with Crippen molar-refractivity contribution in [1.82, 2.24) is 0 Å². The number of ether oxygens (including phenoxy) is 1. The Hall–Kier alpha value is -2.89. The van der Waals surface area contributed by atoms with Gasteiger partial charge in [0.1, 0.15) is 13.2 Å². The molecule has 0 aromatic heterocycles. The third kappa shape index (κ3) is 4.61. The van der Waals surface area contributed by atoms with Crippen molar-refractivity contribution in [1.29, 1.82) is 0 Å². The maximum absolute atomic E-state index is 11.6. The van der Waals surface area contributed by atoms with E-state index in [9.17, 15) is 14.9 Å². The fraction of sp³-hybridized carbons (Fsp3) is 0.133. The van der Waals surface area contributed by atoms with Gasteiger partial charge in [0.15, 0.2) is 0 Å². The molecule has 108 valence electrons. The minimum atomic E-state index is -0.474. The summed E-state index contributed by atoms with van der Waals surface area (Å²) in [5.74, 6) is -0.391. The Labute approximate surface area is 121 Å². The van der Waals surface area contributed by atoms with Crippen LogP contribution in [0, 0.1) is 10.1 Å². The molecule has 0 bridgehead atoms. The van der Waals surface area contributed by atoms with Crippen LogP contribution in [0.2, 0.25) is 0 Å². The third-order valence-electron chi connectivity index (χ3n) is 2.76. The Morgan fingerprint density at radius 2 is 1.76 bits per heavy atom. The highest BCUT2D eigenvalue weighted by molar-refractivity contribution is 5.75. The first-order chi connectivity index (χ1) is 10.1. The van der Waals surface area contributed by atoms with Crippen LogP contribution in [0.4, 0.5) is 11.4 Å². The van der Waals surface area contributed by atoms with Gasteiger partial charge in [-0.15, -0.1) is 0 Å². The summed E-state index contributed by atoms with van der Waals surface area (Å²) in [5.41, 5.74) is 1.55. The predicted octanol–water partition coefficient (Wildman–Crippen LogP) is 2.75. The van der Waals surface area contributed by atoms with Crippen molar-refractivity contribution in [3.05, 3.63) is 70.3 Å². The molecular formula is C15H14N2O4. The van der Waals surface area contributed by atoms with Crippen LogP contribution in [0.1, 0.15) is 5.56 Å². The van der Waals surface area contributed by atoms with Crippen LogP contribution in [0.25, 0.3) is 0 Å². The van der Waals surface area contributed by atoms with Gasteiger partial charge in [0.25, 0.3) is 5.69 Å². The molecule has 0 aliphatic heterocycles. The van der Waals surface area contributed by atoms with Crippen LogP contribution in [-0.4, -0.2) is 17.4 Å². The van der Waals surface area contributed by atoms with Gasteiger partial charge in [0, 0.05) is 17.8 Å². The van der Waals surface area contributed by atoms with E-state index in [0.29, 0.717) is 5.69 Å². The van der Waals surface area contributed by atoms with E-state index in [1.807, 2.05) is 30.3 Å². The number of carbonyl (C=O) groups excluding carboxylic acids is 1. The average Bonchev–Trinajstić information content (AvgIpc) is 2.52. The lowest BCUT2D eigenvalue weighted by Crippen LogP contribution is -2.16. The molecule has 0 aliphatic rings. The Morgan fingerprint density at radius 1 is 1.10 bits per heavy atom. The maximum Gasteiger partial charge on any atom is 0.325 e. The number of benzene rings is 2. The summed E-state index contributed by atoms with van der Waals surface area (Å²) in [5, 5.41) is 13.4. The zero-order valence-electron chi connectivity index (χ0n) is 11.2. The van der Waals surface area contributed by atoms with E-state index in [1.54, 1.807) is 12.1 Å². The molecule has 0 heterocycles. The van der Waals surface area contributed by atoms with Crippen molar-refractivity contribution in [2.24, 2.45) is 0 Å². The van der Waals surface area contributed by atoms with Gasteiger partial charge >= 0.3 is 5.97 Å². The molecule has 1 N–H and O–H groups in total. The van der Waals surface area contributed by atoms with Gasteiger partial charge in [-0.25, -0.2) is 0 Å². The smallest absolute Gasteiger partial charge is 0.325 e. The number of rotatable bonds is 6. The van der Waals surface area contributed by atoms with Crippen molar-refractivity contribution in [3.8, 4) is 0 Å². The van der Waals surface area contributed by atoms with Crippen LogP contribution < -0.4 is 5.32 Å². The number of nitro benzene ring substituents is 1. The third-order valence-corrected chi connectivity index (χ3v) is 2.76. The first kappa shape index (κ1) is 14.5. The van der Waals surface area contributed by atoms with Gasteiger partial charge in [0.05, 0.1) is 4.92 Å². The maximum atomic E-state index is 11.6. The van der Waals surface area contributed by atoms with E-state index in [4.69, 9.17) is 4.74 Å². The van der Waals surface area contributed by atoms with Crippen molar-refractivity contribution in [3.63, 3.8) is 0 Å². The number of non-ortho nitro benzene ring substituents is 1. The Balaban J connectivity index is 1.77. The summed E-state index contributed by atoms with van der Waals surface area (Å²) in [6.45, 7) is 0.228. The van der Waals surface area contributed by atoms with Gasteiger partial charge in [0.2, 0.25) is 0 Å². The minimum Gasteiger partial charge on any atom is -0.460 e. The molecule has 2 rings (SSSR count). The summed E-state index contributed by atoms with van der Waals surface area (Å²) in [4.78, 5) is 21.6. The Kier molecular flexibility index (Phi) is 4.87. The second-order valence-electron chi connectivity index (χ2n) is 4.30. The molecule has 2 aromatic carbocycles. The van der Waals surface area contributed by atoms with Crippen molar-refractivity contribution >= 4 is 17.3 Å². The molecular weight excluding hydrogens is 272 g/mol. The summed E-state index contributed by atoms with van der Waals surface area (Å²) >= 11 is 0. The lowest BCUT2D eigenvalue weighted by molar-refractivity contribution is -0.384. The number of carbonyl (C=O) groups is 1. The monoisotopic (exact) mass is 286 g/mol. The fourth-order valence-electron chi connectivity index (χ4n) is 1.66. The SMILES string of the molecule is O=C(CNc1ccc([N+](=O)[O-])cc1)OCc1ccccc1. The van der Waals surface area contributed by atoms with Gasteiger partial charge < -0.3 is 10.1 Å². The van der Waals surface area contributed by atoms with Crippen LogP contribution in [-0.2, 0) is 16.1 Å². The summed E-state index contributed by atoms with van der Waals surface area (Å²) in [6, 6.07) is 15.2. The van der Waals surface area contributed by atoms with E-state index in [0.717, 1.165) is 5.56 Å². The molecule has 0 saturated carbocycles. The molecule has 0 aliphatic carbocycles. The quantitative estimate of drug-likeness (QED) is 0.501. The molecule has 0 amide bonds. The molecule has 21 heavy (non-hydrogen) atoms. The van der Waals surface area contributed by atoms with E-state index < -0.39 is 10.9 Å². The first-order valence-corrected chi connectivity index (χ1v) is 6.33. The van der Waals surface area contributed by atoms with E-state index in [1.165, 1.54) is 12.1 Å². The molecule has 0 atom stereocenters. The Morgan fingerprint density at radius 3 is 2.38 bits per heavy atom. The molecule has 0 unspecified atom stereocenters. The van der Waals surface area contributed by atoms with E-state index in [-0.39, 0.29) is 18.8 Å². The van der Waals surface area contributed by atoms with Crippen LogP contribution in [0.15, 0.2) is 54.6 Å². The zero-order valence-corrected chi connectivity index (χ0v) is 11.2. The van der Waals surface area contributed by atoms with E-state index in [2.05, 4.69) is 5.32 Å². The molecule has 0 fully saturated rings. The number of hydrogen-bond donors (Lipinski definition) is 1. The molecule has 0 radical (unpaired) electrons. The van der Waals surface area contributed by atoms with E-state index >= 15 is 0 Å². The first-order valence-electron chi connectivity index (χ1n) is 6.33. The van der Waals surface area contributed by atoms with Crippen molar-refractivity contribution in [2.75, 3.05) is 11.9 Å². The van der Waals surface area contributed by atoms with Gasteiger partial charge in [-0.1, -0.05) is 30.3 Å². The van der Waals surface area contributed by atoms with Gasteiger partial charge in [-0.3, -0.25) is 14.9 Å². The average molecular weight is 286 g/mol. The predicted molar refractivity (Wildman–Crippen MR) is 77.8 cm³/mol. The van der Waals surface area contributed by atoms with Gasteiger partial charge in [-0.05, 0) is 17.7 Å². The van der Waals surface area contributed by atoms with Crippen molar-refractivity contribution < 1.29 is 14.5 Å². The summed E-state index contributed by atoms with van der Waals surface area (Å²) in [7, 11) is 0. The second-order valence-corrected chi connectivity index (χ2v) is 4.30. The van der Waals surface area contributed by atoms with Crippen LogP contribution in [0.3, 0.4) is 0 Å². The number of nitrogens with zero attached hydrogens (tertiary/aromatic N) is 1. The standard InChI is InChI=1S/C15H14N2O4/c18-15(21-11-12-4-2-1-3-5-12)10-16-13-6-8-14(9-7-13)17(19)20/h1-9,16H,10-11H2. The lowest BCUT2D eigenvalue weighted by atomic mass is 10.2. The number of anilines is 1. The molecule has 6 heteroatoms. The Bertz CT molecular complexity index is 611. The number of hydrogen-bond acceptors (Lipinski definition) is 5. The second kappa shape index (κ2) is 7.04. The largest absolute Gasteiger partial charge is 0.460 e. The number of nitrogens with one attached hydrogen (secondary N) is 1. The summed E-state index contributed by atoms with van der Waals surface area (Å²) < 4.78 is 5.10. The zero-order chi connectivity index (χ0) is 15.1. The van der Waals surface area contributed by atoms with Gasteiger partial charge in [-0.2, -0.15) is 0 Å². The van der Waals surface area contributed by atoms with Crippen molar-refractivity contribution in [2.45, 2.75) is 6.61 Å². The molecule has 6 nitrogen and oxygen atoms in total. The highest BCUT2D eigenvalue weighted by Crippen LogP contribution is 2.15. The highest BCUT2D eigenvalue weighted by atomic mass is 16.6. The van der Waals surface area contributed by atoms with Crippen LogP contribution >= 0.6 is 0 Å². The molecule has 0 spiro atoms. The topological polar surface area (TPSA) is 81.5 Å². The molecule has 0 saturated heterocycles. The minimum absolute atomic E-state index is 0.00461.